The predicted molar refractivity (Wildman–Crippen MR) is 100 cm³/mol. The molecule has 1 unspecified atom stereocenters. The van der Waals surface area contributed by atoms with Crippen LogP contribution < -0.4 is 4.74 Å². The lowest BCUT2D eigenvalue weighted by molar-refractivity contribution is -0.0204. The summed E-state index contributed by atoms with van der Waals surface area (Å²) in [5, 5.41) is 11.3. The molecule has 1 fully saturated rings. The highest BCUT2D eigenvalue weighted by Gasteiger charge is 2.27. The molecule has 0 amide bonds. The largest absolute Gasteiger partial charge is 0.497 e. The first-order valence-electron chi connectivity index (χ1n) is 8.62. The molecular weight excluding hydrogens is 350 g/mol. The molecule has 3 aromatic rings. The van der Waals surface area contributed by atoms with Gasteiger partial charge in [0.15, 0.2) is 0 Å². The van der Waals surface area contributed by atoms with Gasteiger partial charge < -0.3 is 19.1 Å². The maximum Gasteiger partial charge on any atom is 0.146 e. The number of aliphatic hydroxyl groups is 1. The molecule has 1 aliphatic rings. The number of hydrogen-bond acceptors (Lipinski definition) is 6. The fourth-order valence-electron chi connectivity index (χ4n) is 3.19. The Kier molecular flexibility index (Phi) is 5.10. The Morgan fingerprint density at radius 1 is 1.23 bits per heavy atom. The van der Waals surface area contributed by atoms with Crippen molar-refractivity contribution in [1.29, 1.82) is 0 Å². The summed E-state index contributed by atoms with van der Waals surface area (Å²) in [5.41, 5.74) is 2.09. The van der Waals surface area contributed by atoms with Crippen molar-refractivity contribution in [2.75, 3.05) is 13.7 Å². The number of ether oxygens (including phenoxy) is 2. The van der Waals surface area contributed by atoms with E-state index in [1.54, 1.807) is 25.2 Å². The standard InChI is InChI=1S/C19H21N3O3S/c1-24-14-4-2-13(3-5-14)11-26-19-16-8-9-22(18(16)20-12-21-19)17-7-6-15(10-23)25-17/h2-5,8-9,12,15,17,23H,6-7,10-11H2,1H3/t15-,17?/m0/s1. The highest BCUT2D eigenvalue weighted by Crippen LogP contribution is 2.34. The molecule has 7 heteroatoms. The minimum absolute atomic E-state index is 0.0631. The molecule has 26 heavy (non-hydrogen) atoms. The van der Waals surface area contributed by atoms with E-state index in [0.717, 1.165) is 40.4 Å². The van der Waals surface area contributed by atoms with Gasteiger partial charge in [0.25, 0.3) is 0 Å². The van der Waals surface area contributed by atoms with Crippen molar-refractivity contribution in [2.45, 2.75) is 36.0 Å². The third-order valence-corrected chi connectivity index (χ3v) is 5.68. The van der Waals surface area contributed by atoms with E-state index in [4.69, 9.17) is 9.47 Å². The smallest absolute Gasteiger partial charge is 0.146 e. The quantitative estimate of drug-likeness (QED) is 0.529. The van der Waals surface area contributed by atoms with E-state index in [9.17, 15) is 5.11 Å². The maximum atomic E-state index is 9.28. The minimum Gasteiger partial charge on any atom is -0.497 e. The van der Waals surface area contributed by atoms with Gasteiger partial charge in [-0.15, -0.1) is 11.8 Å². The number of nitrogens with zero attached hydrogens (tertiary/aromatic N) is 3. The molecule has 0 saturated carbocycles. The van der Waals surface area contributed by atoms with E-state index in [-0.39, 0.29) is 18.9 Å². The molecule has 4 rings (SSSR count). The molecule has 3 heterocycles. The number of fused-ring (bicyclic) bond motifs is 1. The zero-order chi connectivity index (χ0) is 17.9. The summed E-state index contributed by atoms with van der Waals surface area (Å²) >= 11 is 1.69. The van der Waals surface area contributed by atoms with Crippen LogP contribution in [0.2, 0.25) is 0 Å². The molecule has 1 aliphatic heterocycles. The topological polar surface area (TPSA) is 69.4 Å². The molecule has 6 nitrogen and oxygen atoms in total. The Morgan fingerprint density at radius 3 is 2.81 bits per heavy atom. The first-order valence-corrected chi connectivity index (χ1v) is 9.60. The van der Waals surface area contributed by atoms with E-state index in [0.29, 0.717) is 0 Å². The van der Waals surface area contributed by atoms with Crippen LogP contribution in [0, 0.1) is 0 Å². The number of methoxy groups -OCH3 is 1. The molecule has 2 aromatic heterocycles. The van der Waals surface area contributed by atoms with Gasteiger partial charge in [0.05, 0.1) is 25.2 Å². The molecule has 1 N–H and O–H groups in total. The molecule has 1 aromatic carbocycles. The Morgan fingerprint density at radius 2 is 2.08 bits per heavy atom. The summed E-state index contributed by atoms with van der Waals surface area (Å²) in [4.78, 5) is 8.91. The monoisotopic (exact) mass is 371 g/mol. The zero-order valence-corrected chi connectivity index (χ0v) is 15.4. The second kappa shape index (κ2) is 7.65. The van der Waals surface area contributed by atoms with Crippen molar-refractivity contribution < 1.29 is 14.6 Å². The molecule has 136 valence electrons. The zero-order valence-electron chi connectivity index (χ0n) is 14.5. The van der Waals surface area contributed by atoms with E-state index in [1.165, 1.54) is 5.56 Å². The summed E-state index contributed by atoms with van der Waals surface area (Å²) in [6, 6.07) is 10.1. The molecule has 0 radical (unpaired) electrons. The number of aliphatic hydroxyl groups excluding tert-OH is 1. The van der Waals surface area contributed by atoms with E-state index >= 15 is 0 Å². The SMILES string of the molecule is COc1ccc(CSc2ncnc3c2ccn3C2CC[C@@H](CO)O2)cc1. The van der Waals surface area contributed by atoms with Crippen LogP contribution in [0.4, 0.5) is 0 Å². The average molecular weight is 371 g/mol. The third-order valence-electron chi connectivity index (χ3n) is 4.61. The van der Waals surface area contributed by atoms with Gasteiger partial charge in [0, 0.05) is 11.9 Å². The maximum absolute atomic E-state index is 9.28. The molecular formula is C19H21N3O3S. The highest BCUT2D eigenvalue weighted by molar-refractivity contribution is 7.98. The van der Waals surface area contributed by atoms with Gasteiger partial charge in [-0.3, -0.25) is 0 Å². The summed E-state index contributed by atoms with van der Waals surface area (Å²) in [5.74, 6) is 1.69. The van der Waals surface area contributed by atoms with Crippen LogP contribution in [0.5, 0.6) is 5.75 Å². The second-order valence-electron chi connectivity index (χ2n) is 6.25. The normalized spacial score (nSPS) is 19.9. The lowest BCUT2D eigenvalue weighted by Crippen LogP contribution is -2.14. The summed E-state index contributed by atoms with van der Waals surface area (Å²) in [6.45, 7) is 0.0631. The van der Waals surface area contributed by atoms with Crippen LogP contribution in [-0.2, 0) is 10.5 Å². The van der Waals surface area contributed by atoms with Crippen molar-refractivity contribution in [2.24, 2.45) is 0 Å². The number of aromatic nitrogens is 3. The molecule has 0 bridgehead atoms. The number of benzene rings is 1. The molecule has 2 atom stereocenters. The number of thioether (sulfide) groups is 1. The van der Waals surface area contributed by atoms with E-state index < -0.39 is 0 Å². The van der Waals surface area contributed by atoms with E-state index in [2.05, 4.69) is 22.1 Å². The van der Waals surface area contributed by atoms with Crippen molar-refractivity contribution in [3.05, 3.63) is 48.4 Å². The summed E-state index contributed by atoms with van der Waals surface area (Å²) < 4.78 is 13.1. The fraction of sp³-hybridized carbons (Fsp3) is 0.368. The van der Waals surface area contributed by atoms with Crippen molar-refractivity contribution in [3.8, 4) is 5.75 Å². The number of hydrogen-bond donors (Lipinski definition) is 1. The first kappa shape index (κ1) is 17.3. The van der Waals surface area contributed by atoms with Gasteiger partial charge in [-0.25, -0.2) is 9.97 Å². The molecule has 0 spiro atoms. The van der Waals surface area contributed by atoms with Gasteiger partial charge in [0.1, 0.15) is 29.0 Å². The van der Waals surface area contributed by atoms with Crippen molar-refractivity contribution >= 4 is 22.8 Å². The van der Waals surface area contributed by atoms with Gasteiger partial charge in [-0.1, -0.05) is 12.1 Å². The van der Waals surface area contributed by atoms with Crippen LogP contribution in [0.1, 0.15) is 24.6 Å². The lowest BCUT2D eigenvalue weighted by Gasteiger charge is -2.14. The average Bonchev–Trinajstić information content (AvgIpc) is 3.33. The lowest BCUT2D eigenvalue weighted by atomic mass is 10.2. The second-order valence-corrected chi connectivity index (χ2v) is 7.21. The first-order chi connectivity index (χ1) is 12.8. The minimum atomic E-state index is -0.0804. The van der Waals surface area contributed by atoms with Crippen LogP contribution in [0.3, 0.4) is 0 Å². The Balaban J connectivity index is 1.53. The predicted octanol–water partition coefficient (Wildman–Crippen LogP) is 3.40. The van der Waals surface area contributed by atoms with Crippen LogP contribution in [0.15, 0.2) is 47.9 Å². The van der Waals surface area contributed by atoms with Gasteiger partial charge in [-0.2, -0.15) is 0 Å². The van der Waals surface area contributed by atoms with Gasteiger partial charge >= 0.3 is 0 Å². The molecule has 1 saturated heterocycles. The van der Waals surface area contributed by atoms with Crippen LogP contribution in [-0.4, -0.2) is 39.5 Å². The summed E-state index contributed by atoms with van der Waals surface area (Å²) in [7, 11) is 1.67. The Bertz CT molecular complexity index is 881. The molecule has 0 aliphatic carbocycles. The fourth-order valence-corrected chi connectivity index (χ4v) is 4.13. The van der Waals surface area contributed by atoms with Gasteiger partial charge in [0.2, 0.25) is 0 Å². The third kappa shape index (κ3) is 3.42. The highest BCUT2D eigenvalue weighted by atomic mass is 32.2. The van der Waals surface area contributed by atoms with Crippen molar-refractivity contribution in [3.63, 3.8) is 0 Å². The van der Waals surface area contributed by atoms with Crippen LogP contribution in [0.25, 0.3) is 11.0 Å². The Labute approximate surface area is 156 Å². The van der Waals surface area contributed by atoms with Crippen molar-refractivity contribution in [1.82, 2.24) is 14.5 Å². The summed E-state index contributed by atoms with van der Waals surface area (Å²) in [6.07, 6.45) is 5.20. The van der Waals surface area contributed by atoms with Gasteiger partial charge in [-0.05, 0) is 36.6 Å². The number of rotatable bonds is 6. The van der Waals surface area contributed by atoms with Crippen LogP contribution >= 0.6 is 11.8 Å². The Hall–Kier alpha value is -2.09. The van der Waals surface area contributed by atoms with E-state index in [1.807, 2.05) is 29.0 Å².